The van der Waals surface area contributed by atoms with Gasteiger partial charge < -0.3 is 9.52 Å². The quantitative estimate of drug-likeness (QED) is 0.713. The number of Topliss-reactive ketones (excluding diaryl/α,β-unsaturated/α-hetero) is 1. The smallest absolute Gasteiger partial charge is 0.347 e. The second-order valence-electron chi connectivity index (χ2n) is 8.79. The second kappa shape index (κ2) is 6.40. The predicted octanol–water partition coefficient (Wildman–Crippen LogP) is 0.823. The topological polar surface area (TPSA) is 116 Å². The summed E-state index contributed by atoms with van der Waals surface area (Å²) in [7, 11) is 1.43. The van der Waals surface area contributed by atoms with Gasteiger partial charge in [-0.1, -0.05) is 13.0 Å². The first-order chi connectivity index (χ1) is 14.7. The van der Waals surface area contributed by atoms with Crippen LogP contribution in [0.2, 0.25) is 0 Å². The van der Waals surface area contributed by atoms with Gasteiger partial charge >= 0.3 is 11.4 Å². The first-order valence-corrected chi connectivity index (χ1v) is 10.2. The van der Waals surface area contributed by atoms with E-state index in [1.165, 1.54) is 22.5 Å². The highest BCUT2D eigenvalue weighted by molar-refractivity contribution is 6.12. The molecule has 5 rings (SSSR count). The molecule has 2 aromatic heterocycles. The van der Waals surface area contributed by atoms with Crippen LogP contribution in [-0.2, 0) is 29.8 Å². The van der Waals surface area contributed by atoms with E-state index in [9.17, 15) is 24.3 Å². The van der Waals surface area contributed by atoms with E-state index in [4.69, 9.17) is 4.42 Å². The molecular weight excluding hydrogens is 402 g/mol. The van der Waals surface area contributed by atoms with Gasteiger partial charge in [0.05, 0.1) is 23.9 Å². The maximum absolute atomic E-state index is 13.3. The van der Waals surface area contributed by atoms with Gasteiger partial charge in [-0.05, 0) is 42.7 Å². The van der Waals surface area contributed by atoms with Crippen molar-refractivity contribution in [1.29, 1.82) is 0 Å². The molecule has 1 fully saturated rings. The highest BCUT2D eigenvalue weighted by Gasteiger charge is 2.60. The van der Waals surface area contributed by atoms with Crippen LogP contribution in [-0.4, -0.2) is 30.6 Å². The molecule has 0 amide bonds. The predicted molar refractivity (Wildman–Crippen MR) is 108 cm³/mol. The first-order valence-electron chi connectivity index (χ1n) is 10.2. The van der Waals surface area contributed by atoms with Crippen molar-refractivity contribution in [3.05, 3.63) is 67.9 Å². The number of aliphatic hydroxyl groups is 1. The van der Waals surface area contributed by atoms with E-state index in [0.717, 1.165) is 10.1 Å². The molecule has 4 atom stereocenters. The number of ketones is 2. The Kier molecular flexibility index (Phi) is 4.08. The Hall–Kier alpha value is -3.20. The largest absolute Gasteiger partial charge is 0.463 e. The molecule has 162 valence electrons. The number of hydrogen-bond acceptors (Lipinski definition) is 6. The summed E-state index contributed by atoms with van der Waals surface area (Å²) in [5, 5.41) is 9.48. The zero-order valence-corrected chi connectivity index (χ0v) is 17.5. The lowest BCUT2D eigenvalue weighted by atomic mass is 9.52. The van der Waals surface area contributed by atoms with E-state index >= 15 is 0 Å². The number of carbonyl (C=O) groups is 2. The second-order valence-corrected chi connectivity index (χ2v) is 8.79. The van der Waals surface area contributed by atoms with Crippen molar-refractivity contribution in [2.75, 3.05) is 0 Å². The van der Waals surface area contributed by atoms with Gasteiger partial charge in [-0.3, -0.25) is 9.59 Å². The molecule has 1 saturated carbocycles. The van der Waals surface area contributed by atoms with Crippen molar-refractivity contribution in [3.8, 4) is 0 Å². The molecule has 0 aromatic carbocycles. The zero-order chi connectivity index (χ0) is 22.2. The van der Waals surface area contributed by atoms with E-state index in [1.54, 1.807) is 26.0 Å². The molecule has 2 aliphatic carbocycles. The summed E-state index contributed by atoms with van der Waals surface area (Å²) in [5.41, 5.74) is -0.806. The first kappa shape index (κ1) is 19.7. The molecule has 1 aliphatic heterocycles. The van der Waals surface area contributed by atoms with Crippen molar-refractivity contribution < 1.29 is 19.1 Å². The molecule has 1 N–H and O–H groups in total. The number of aliphatic hydroxyl groups excluding tert-OH is 1. The maximum Gasteiger partial charge on any atom is 0.347 e. The summed E-state index contributed by atoms with van der Waals surface area (Å²) in [5.74, 6) is -0.764. The number of fused-ring (bicyclic) bond motifs is 4. The van der Waals surface area contributed by atoms with Gasteiger partial charge in [0.1, 0.15) is 18.1 Å². The Morgan fingerprint density at radius 1 is 1.19 bits per heavy atom. The lowest BCUT2D eigenvalue weighted by Crippen LogP contribution is -2.54. The fraction of sp³-hybridized carbons (Fsp3) is 0.455. The van der Waals surface area contributed by atoms with Gasteiger partial charge in [-0.15, -0.1) is 0 Å². The van der Waals surface area contributed by atoms with Crippen LogP contribution in [0.5, 0.6) is 0 Å². The highest BCUT2D eigenvalue weighted by Crippen LogP contribution is 2.59. The summed E-state index contributed by atoms with van der Waals surface area (Å²) in [6.45, 7) is 3.29. The number of aromatic nitrogens is 3. The van der Waals surface area contributed by atoms with Crippen LogP contribution in [0.1, 0.15) is 43.7 Å². The number of nitrogens with zero attached hydrogens (tertiary/aromatic N) is 3. The van der Waals surface area contributed by atoms with Crippen LogP contribution in [0.4, 0.5) is 0 Å². The number of rotatable bonds is 2. The maximum atomic E-state index is 13.3. The van der Waals surface area contributed by atoms with Crippen molar-refractivity contribution in [2.24, 2.45) is 18.4 Å². The fourth-order valence-electron chi connectivity index (χ4n) is 5.59. The zero-order valence-electron chi connectivity index (χ0n) is 17.5. The average molecular weight is 425 g/mol. The molecule has 0 saturated heterocycles. The monoisotopic (exact) mass is 425 g/mol. The summed E-state index contributed by atoms with van der Waals surface area (Å²) in [6.07, 6.45) is 3.50. The Balaban J connectivity index is 1.78. The minimum Gasteiger partial charge on any atom is -0.463 e. The Morgan fingerprint density at radius 3 is 2.61 bits per heavy atom. The molecule has 9 nitrogen and oxygen atoms in total. The van der Waals surface area contributed by atoms with E-state index in [1.807, 2.05) is 6.08 Å². The number of carbonyl (C=O) groups excluding carboxylic acids is 2. The van der Waals surface area contributed by atoms with E-state index < -0.39 is 34.7 Å². The van der Waals surface area contributed by atoms with Crippen LogP contribution in [0, 0.1) is 11.3 Å². The van der Waals surface area contributed by atoms with E-state index in [2.05, 4.69) is 0 Å². The molecule has 3 heterocycles. The number of furan rings is 1. The Morgan fingerprint density at radius 2 is 1.94 bits per heavy atom. The molecule has 0 spiro atoms. The third kappa shape index (κ3) is 2.40. The highest BCUT2D eigenvalue weighted by atomic mass is 16.4. The van der Waals surface area contributed by atoms with E-state index in [-0.39, 0.29) is 31.1 Å². The minimum absolute atomic E-state index is 0.136. The minimum atomic E-state index is -1.09. The standard InChI is InChI=1S/C22H23N3O6/c1-11-8-17(27)22(2)14(19(11)28)9-15-13(18(22)16-5-4-12(10-26)31-16)6-7-24-20(29)23(3)21(30)25(15)24/h4-6,8,14-15,18,26H,7,9-10H2,1-3H3/t14-,15+,18+,22-/m0/s1. The van der Waals surface area contributed by atoms with Gasteiger partial charge in [0.2, 0.25) is 0 Å². The van der Waals surface area contributed by atoms with Gasteiger partial charge in [0, 0.05) is 13.0 Å². The van der Waals surface area contributed by atoms with Crippen molar-refractivity contribution >= 4 is 11.6 Å². The van der Waals surface area contributed by atoms with Crippen molar-refractivity contribution in [1.82, 2.24) is 13.9 Å². The van der Waals surface area contributed by atoms with Crippen LogP contribution in [0.15, 0.2) is 49.4 Å². The van der Waals surface area contributed by atoms with Crippen LogP contribution in [0.3, 0.4) is 0 Å². The summed E-state index contributed by atoms with van der Waals surface area (Å²) >= 11 is 0. The molecule has 0 unspecified atom stereocenters. The molecule has 31 heavy (non-hydrogen) atoms. The number of allylic oxidation sites excluding steroid dienone is 4. The van der Waals surface area contributed by atoms with Gasteiger partial charge in [0.25, 0.3) is 0 Å². The van der Waals surface area contributed by atoms with Crippen molar-refractivity contribution in [3.63, 3.8) is 0 Å². The lowest BCUT2D eigenvalue weighted by Gasteiger charge is -2.51. The number of hydrogen-bond donors (Lipinski definition) is 1. The molecule has 0 radical (unpaired) electrons. The summed E-state index contributed by atoms with van der Waals surface area (Å²) in [4.78, 5) is 52.0. The molecule has 2 aromatic rings. The fourth-order valence-corrected chi connectivity index (χ4v) is 5.59. The Bertz CT molecular complexity index is 1320. The summed E-state index contributed by atoms with van der Waals surface area (Å²) < 4.78 is 9.69. The van der Waals surface area contributed by atoms with Crippen LogP contribution in [0.25, 0.3) is 0 Å². The van der Waals surface area contributed by atoms with Crippen LogP contribution < -0.4 is 11.4 Å². The van der Waals surface area contributed by atoms with Gasteiger partial charge in [-0.25, -0.2) is 23.5 Å². The van der Waals surface area contributed by atoms with E-state index in [0.29, 0.717) is 17.1 Å². The molecule has 3 aliphatic rings. The lowest BCUT2D eigenvalue weighted by molar-refractivity contribution is -0.139. The summed E-state index contributed by atoms with van der Waals surface area (Å²) in [6, 6.07) is 2.80. The Labute approximate surface area is 176 Å². The van der Waals surface area contributed by atoms with Crippen LogP contribution >= 0.6 is 0 Å². The van der Waals surface area contributed by atoms with Gasteiger partial charge in [-0.2, -0.15) is 0 Å². The molecule has 0 bridgehead atoms. The average Bonchev–Trinajstić information content (AvgIpc) is 3.30. The van der Waals surface area contributed by atoms with Crippen molar-refractivity contribution in [2.45, 2.75) is 45.4 Å². The van der Waals surface area contributed by atoms with Gasteiger partial charge in [0.15, 0.2) is 11.6 Å². The molecule has 9 heteroatoms. The molecular formula is C22H23N3O6. The third-order valence-electron chi connectivity index (χ3n) is 7.25. The normalized spacial score (nSPS) is 29.7. The SMILES string of the molecule is CC1=CC(=O)[C@@]2(C)[C@@H](c3ccc(CO)o3)C3=CCn4c(=O)n(C)c(=O)n4[C@@H]3C[C@H]2C1=O. The third-order valence-corrected chi connectivity index (χ3v) is 7.25.